The first kappa shape index (κ1) is 12.4. The van der Waals surface area contributed by atoms with Gasteiger partial charge in [0.1, 0.15) is 5.82 Å². The van der Waals surface area contributed by atoms with Crippen molar-refractivity contribution >= 4 is 34.2 Å². The second-order valence-electron chi connectivity index (χ2n) is 4.11. The van der Waals surface area contributed by atoms with Gasteiger partial charge in [-0.3, -0.25) is 0 Å². The third-order valence-corrected chi connectivity index (χ3v) is 3.25. The molecule has 5 nitrogen and oxygen atoms in total. The molecule has 1 aromatic carbocycles. The molecule has 0 saturated carbocycles. The number of fused-ring (bicyclic) bond motifs is 1. The van der Waals surface area contributed by atoms with Gasteiger partial charge in [-0.15, -0.1) is 11.6 Å². The highest BCUT2D eigenvalue weighted by Crippen LogP contribution is 2.22. The number of nitrogens with zero attached hydrogens (tertiary/aromatic N) is 4. The molecule has 0 saturated heterocycles. The highest BCUT2D eigenvalue weighted by atomic mass is 35.5. The van der Waals surface area contributed by atoms with Crippen molar-refractivity contribution in [2.45, 2.75) is 19.3 Å². The van der Waals surface area contributed by atoms with Crippen molar-refractivity contribution in [1.29, 1.82) is 0 Å². The van der Waals surface area contributed by atoms with E-state index < -0.39 is 0 Å². The van der Waals surface area contributed by atoms with E-state index in [9.17, 15) is 0 Å². The van der Waals surface area contributed by atoms with Crippen LogP contribution >= 0.6 is 23.2 Å². The molecule has 0 N–H and O–H groups in total. The van der Waals surface area contributed by atoms with Gasteiger partial charge in [-0.1, -0.05) is 16.8 Å². The lowest BCUT2D eigenvalue weighted by atomic mass is 10.3. The van der Waals surface area contributed by atoms with Crippen LogP contribution in [-0.4, -0.2) is 19.7 Å². The van der Waals surface area contributed by atoms with E-state index in [1.54, 1.807) is 13.0 Å². The minimum atomic E-state index is 0.309. The molecule has 0 aliphatic carbocycles. The monoisotopic (exact) mass is 296 g/mol. The largest absolute Gasteiger partial charge is 0.340 e. The summed E-state index contributed by atoms with van der Waals surface area (Å²) in [5.74, 6) is 2.18. The van der Waals surface area contributed by atoms with Crippen molar-refractivity contribution < 1.29 is 4.52 Å². The zero-order chi connectivity index (χ0) is 13.4. The first-order valence-corrected chi connectivity index (χ1v) is 6.58. The molecule has 0 bridgehead atoms. The van der Waals surface area contributed by atoms with Crippen molar-refractivity contribution in [1.82, 2.24) is 19.7 Å². The number of hydrogen-bond acceptors (Lipinski definition) is 4. The molecule has 98 valence electrons. The predicted octanol–water partition coefficient (Wildman–Crippen LogP) is 3.17. The Bertz CT molecular complexity index is 734. The number of aromatic nitrogens is 4. The van der Waals surface area contributed by atoms with E-state index in [2.05, 4.69) is 15.1 Å². The quantitative estimate of drug-likeness (QED) is 0.697. The van der Waals surface area contributed by atoms with E-state index in [1.165, 1.54) is 0 Å². The van der Waals surface area contributed by atoms with E-state index in [0.29, 0.717) is 29.2 Å². The van der Waals surface area contributed by atoms with Crippen LogP contribution < -0.4 is 0 Å². The van der Waals surface area contributed by atoms with E-state index in [1.807, 2.05) is 16.7 Å². The third-order valence-electron chi connectivity index (χ3n) is 2.78. The Morgan fingerprint density at radius 3 is 2.84 bits per heavy atom. The van der Waals surface area contributed by atoms with Crippen molar-refractivity contribution in [3.63, 3.8) is 0 Å². The van der Waals surface area contributed by atoms with Crippen LogP contribution in [0.3, 0.4) is 0 Å². The highest BCUT2D eigenvalue weighted by molar-refractivity contribution is 6.31. The van der Waals surface area contributed by atoms with Crippen molar-refractivity contribution in [3.05, 3.63) is 40.8 Å². The summed E-state index contributed by atoms with van der Waals surface area (Å²) in [6.07, 6.45) is 0. The molecule has 3 aromatic rings. The number of aryl methyl sites for hydroxylation is 1. The van der Waals surface area contributed by atoms with Crippen LogP contribution in [0.2, 0.25) is 5.02 Å². The Morgan fingerprint density at radius 1 is 1.32 bits per heavy atom. The van der Waals surface area contributed by atoms with Gasteiger partial charge >= 0.3 is 0 Å². The van der Waals surface area contributed by atoms with Crippen molar-refractivity contribution in [2.75, 3.05) is 0 Å². The van der Waals surface area contributed by atoms with E-state index in [0.717, 1.165) is 16.9 Å². The summed E-state index contributed by atoms with van der Waals surface area (Å²) in [5.41, 5.74) is 1.76. The fraction of sp³-hybridized carbons (Fsp3) is 0.250. The molecule has 2 heterocycles. The molecule has 0 aliphatic rings. The summed E-state index contributed by atoms with van der Waals surface area (Å²) in [4.78, 5) is 8.65. The minimum Gasteiger partial charge on any atom is -0.340 e. The molecule has 7 heteroatoms. The number of alkyl halides is 1. The Labute approximate surface area is 119 Å². The molecule has 0 unspecified atom stereocenters. The Balaban J connectivity index is 2.12. The molecule has 3 rings (SSSR count). The van der Waals surface area contributed by atoms with Gasteiger partial charge in [0.2, 0.25) is 5.89 Å². The molecule has 0 fully saturated rings. The lowest BCUT2D eigenvalue weighted by Gasteiger charge is -2.04. The molecule has 19 heavy (non-hydrogen) atoms. The van der Waals surface area contributed by atoms with Gasteiger partial charge in [-0.25, -0.2) is 4.98 Å². The summed E-state index contributed by atoms with van der Waals surface area (Å²) < 4.78 is 6.91. The molecular formula is C12H10Cl2N4O. The maximum Gasteiger partial charge on any atom is 0.223 e. The van der Waals surface area contributed by atoms with Crippen LogP contribution in [0, 0.1) is 6.92 Å². The van der Waals surface area contributed by atoms with Crippen molar-refractivity contribution in [2.24, 2.45) is 0 Å². The van der Waals surface area contributed by atoms with Crippen LogP contribution in [0.1, 0.15) is 17.5 Å². The molecule has 0 atom stereocenters. The fourth-order valence-corrected chi connectivity index (χ4v) is 2.34. The fourth-order valence-electron chi connectivity index (χ4n) is 1.97. The maximum atomic E-state index is 6.03. The molecule has 0 radical (unpaired) electrons. The lowest BCUT2D eigenvalue weighted by molar-refractivity contribution is 0.386. The van der Waals surface area contributed by atoms with Crippen LogP contribution in [-0.2, 0) is 12.4 Å². The minimum absolute atomic E-state index is 0.309. The zero-order valence-electron chi connectivity index (χ0n) is 10.1. The lowest BCUT2D eigenvalue weighted by Crippen LogP contribution is -2.05. The van der Waals surface area contributed by atoms with Gasteiger partial charge < -0.3 is 9.09 Å². The molecule has 0 amide bonds. The van der Waals surface area contributed by atoms with Gasteiger partial charge in [-0.2, -0.15) is 4.98 Å². The smallest absolute Gasteiger partial charge is 0.223 e. The Hall–Kier alpha value is -1.59. The predicted molar refractivity (Wildman–Crippen MR) is 72.4 cm³/mol. The van der Waals surface area contributed by atoms with Gasteiger partial charge in [0.25, 0.3) is 0 Å². The van der Waals surface area contributed by atoms with Crippen LogP contribution in [0.4, 0.5) is 0 Å². The summed E-state index contributed by atoms with van der Waals surface area (Å²) in [6, 6.07) is 5.52. The van der Waals surface area contributed by atoms with Crippen molar-refractivity contribution in [3.8, 4) is 0 Å². The average Bonchev–Trinajstić information content (AvgIpc) is 2.94. The van der Waals surface area contributed by atoms with Crippen LogP contribution in [0.5, 0.6) is 0 Å². The van der Waals surface area contributed by atoms with Gasteiger partial charge in [0, 0.05) is 11.9 Å². The third kappa shape index (κ3) is 2.31. The Kier molecular flexibility index (Phi) is 3.16. The van der Waals surface area contributed by atoms with E-state index >= 15 is 0 Å². The second-order valence-corrected chi connectivity index (χ2v) is 4.81. The van der Waals surface area contributed by atoms with E-state index in [4.69, 9.17) is 27.7 Å². The van der Waals surface area contributed by atoms with Gasteiger partial charge in [0.05, 0.1) is 23.5 Å². The van der Waals surface area contributed by atoms with Crippen LogP contribution in [0.25, 0.3) is 11.0 Å². The van der Waals surface area contributed by atoms with Crippen LogP contribution in [0.15, 0.2) is 22.7 Å². The highest BCUT2D eigenvalue weighted by Gasteiger charge is 2.13. The van der Waals surface area contributed by atoms with E-state index in [-0.39, 0.29) is 0 Å². The SMILES string of the molecule is Cc1nc(Cn2c(CCl)nc3ccc(Cl)cc32)no1. The molecule has 0 spiro atoms. The zero-order valence-corrected chi connectivity index (χ0v) is 11.6. The molecule has 0 aliphatic heterocycles. The summed E-state index contributed by atoms with van der Waals surface area (Å²) in [6.45, 7) is 2.21. The number of imidazole rings is 1. The van der Waals surface area contributed by atoms with Gasteiger partial charge in [-0.05, 0) is 18.2 Å². The number of halogens is 2. The second kappa shape index (κ2) is 4.83. The summed E-state index contributed by atoms with van der Waals surface area (Å²) in [7, 11) is 0. The Morgan fingerprint density at radius 2 is 2.16 bits per heavy atom. The number of rotatable bonds is 3. The molecular weight excluding hydrogens is 287 g/mol. The summed E-state index contributed by atoms with van der Waals surface area (Å²) in [5, 5.41) is 4.54. The average molecular weight is 297 g/mol. The number of benzene rings is 1. The first-order valence-electron chi connectivity index (χ1n) is 5.67. The normalized spacial score (nSPS) is 11.3. The summed E-state index contributed by atoms with van der Waals surface area (Å²) >= 11 is 12.0. The number of hydrogen-bond donors (Lipinski definition) is 0. The first-order chi connectivity index (χ1) is 9.17. The maximum absolute atomic E-state index is 6.03. The molecule has 2 aromatic heterocycles. The topological polar surface area (TPSA) is 56.7 Å². The standard InChI is InChI=1S/C12H10Cl2N4O/c1-7-15-11(17-19-7)6-18-10-4-8(14)2-3-9(10)16-12(18)5-13/h2-4H,5-6H2,1H3. The van der Waals surface area contributed by atoms with Gasteiger partial charge in [0.15, 0.2) is 5.82 Å².